The van der Waals surface area contributed by atoms with Crippen LogP contribution >= 0.6 is 11.3 Å². The number of fused-ring (bicyclic) bond motifs is 1. The molecule has 0 aliphatic carbocycles. The third kappa shape index (κ3) is 3.97. The molecule has 0 spiro atoms. The molecule has 1 aromatic carbocycles. The van der Waals surface area contributed by atoms with Crippen LogP contribution in [0, 0.1) is 13.8 Å². The van der Waals surface area contributed by atoms with Crippen LogP contribution in [0.4, 0.5) is 0 Å². The van der Waals surface area contributed by atoms with Crippen molar-refractivity contribution in [1.82, 2.24) is 14.8 Å². The molecule has 3 heterocycles. The van der Waals surface area contributed by atoms with E-state index >= 15 is 0 Å². The number of rotatable bonds is 5. The molecule has 1 fully saturated rings. The van der Waals surface area contributed by atoms with Gasteiger partial charge in [0.15, 0.2) is 9.84 Å². The summed E-state index contributed by atoms with van der Waals surface area (Å²) in [7, 11) is -3.02. The maximum Gasteiger partial charge on any atom is 0.307 e. The summed E-state index contributed by atoms with van der Waals surface area (Å²) in [5.74, 6) is -0.658. The number of carbonyl (C=O) groups is 1. The Morgan fingerprint density at radius 1 is 1.34 bits per heavy atom. The second kappa shape index (κ2) is 7.38. The molecule has 0 radical (unpaired) electrons. The fraction of sp³-hybridized carbons (Fsp3) is 0.350. The van der Waals surface area contributed by atoms with E-state index in [-0.39, 0.29) is 24.0 Å². The van der Waals surface area contributed by atoms with Crippen molar-refractivity contribution in [3.8, 4) is 0 Å². The Hall–Kier alpha value is -2.52. The number of para-hydroxylation sites is 1. The monoisotopic (exact) mass is 431 g/mol. The number of hydrogen-bond acceptors (Lipinski definition) is 6. The zero-order valence-corrected chi connectivity index (χ0v) is 17.8. The van der Waals surface area contributed by atoms with Gasteiger partial charge < -0.3 is 5.11 Å². The number of carboxylic acid groups (broad SMARTS) is 1. The van der Waals surface area contributed by atoms with E-state index in [4.69, 9.17) is 0 Å². The Balaban J connectivity index is 1.77. The summed E-state index contributed by atoms with van der Waals surface area (Å²) in [5, 5.41) is 14.7. The average molecular weight is 432 g/mol. The lowest BCUT2D eigenvalue weighted by Gasteiger charge is -2.11. The summed E-state index contributed by atoms with van der Waals surface area (Å²) in [6.45, 7) is 3.75. The van der Waals surface area contributed by atoms with Gasteiger partial charge in [0.2, 0.25) is 0 Å². The molecule has 1 N–H and O–H groups in total. The number of carboxylic acids is 1. The molecule has 1 unspecified atom stereocenters. The van der Waals surface area contributed by atoms with E-state index in [2.05, 4.69) is 10.1 Å². The lowest BCUT2D eigenvalue weighted by Crippen LogP contribution is -2.14. The quantitative estimate of drug-likeness (QED) is 0.663. The molecule has 0 bridgehead atoms. The third-order valence-corrected chi connectivity index (χ3v) is 8.03. The predicted molar refractivity (Wildman–Crippen MR) is 114 cm³/mol. The van der Waals surface area contributed by atoms with Gasteiger partial charge in [-0.1, -0.05) is 12.1 Å². The number of aromatic nitrogens is 3. The third-order valence-electron chi connectivity index (χ3n) is 5.16. The minimum Gasteiger partial charge on any atom is -0.481 e. The van der Waals surface area contributed by atoms with Crippen molar-refractivity contribution < 1.29 is 18.3 Å². The van der Waals surface area contributed by atoms with Crippen LogP contribution in [-0.2, 0) is 14.6 Å². The van der Waals surface area contributed by atoms with E-state index < -0.39 is 15.8 Å². The predicted octanol–water partition coefficient (Wildman–Crippen LogP) is 3.48. The molecule has 1 aliphatic heterocycles. The molecular formula is C20H21N3O4S2. The molecule has 4 rings (SSSR count). The van der Waals surface area contributed by atoms with E-state index in [0.29, 0.717) is 17.0 Å². The van der Waals surface area contributed by atoms with Gasteiger partial charge in [-0.25, -0.2) is 13.4 Å². The SMILES string of the molecule is Cc1nn(C2CCS(=O)(=O)C2)c(C)c1/C=C(\CC(=O)O)c1nc2ccccc2s1. The molecule has 7 nitrogen and oxygen atoms in total. The van der Waals surface area contributed by atoms with Crippen molar-refractivity contribution in [2.45, 2.75) is 32.7 Å². The van der Waals surface area contributed by atoms with Gasteiger partial charge in [-0.15, -0.1) is 11.3 Å². The summed E-state index contributed by atoms with van der Waals surface area (Å²) in [6, 6.07) is 7.53. The molecule has 1 aliphatic rings. The molecule has 2 aromatic heterocycles. The summed E-state index contributed by atoms with van der Waals surface area (Å²) in [5.41, 5.74) is 3.86. The van der Waals surface area contributed by atoms with Crippen LogP contribution < -0.4 is 0 Å². The van der Waals surface area contributed by atoms with E-state index in [1.54, 1.807) is 4.68 Å². The van der Waals surface area contributed by atoms with Crippen LogP contribution in [0.1, 0.15) is 40.8 Å². The Labute approximate surface area is 172 Å². The van der Waals surface area contributed by atoms with Gasteiger partial charge in [-0.05, 0) is 44.1 Å². The molecule has 1 atom stereocenters. The van der Waals surface area contributed by atoms with E-state index in [0.717, 1.165) is 27.2 Å². The lowest BCUT2D eigenvalue weighted by atomic mass is 10.1. The standard InChI is InChI=1S/C20H21N3O4S2/c1-12-16(13(2)23(22-12)15-7-8-29(26,27)11-15)9-14(10-19(24)25)20-21-17-5-3-4-6-18(17)28-20/h3-6,9,15H,7-8,10-11H2,1-2H3,(H,24,25)/b14-9+. The van der Waals surface area contributed by atoms with Crippen molar-refractivity contribution in [3.63, 3.8) is 0 Å². The van der Waals surface area contributed by atoms with Gasteiger partial charge in [0.25, 0.3) is 0 Å². The van der Waals surface area contributed by atoms with Crippen molar-refractivity contribution in [1.29, 1.82) is 0 Å². The molecule has 29 heavy (non-hydrogen) atoms. The highest BCUT2D eigenvalue weighted by Crippen LogP contribution is 2.33. The van der Waals surface area contributed by atoms with E-state index in [9.17, 15) is 18.3 Å². The van der Waals surface area contributed by atoms with Crippen molar-refractivity contribution in [3.05, 3.63) is 46.2 Å². The number of nitrogens with zero attached hydrogens (tertiary/aromatic N) is 3. The summed E-state index contributed by atoms with van der Waals surface area (Å²) in [6.07, 6.45) is 2.23. The van der Waals surface area contributed by atoms with Crippen LogP contribution in [-0.4, -0.2) is 45.8 Å². The van der Waals surface area contributed by atoms with Crippen LogP contribution in [0.15, 0.2) is 24.3 Å². The number of thiazole rings is 1. The maximum atomic E-state index is 11.9. The fourth-order valence-electron chi connectivity index (χ4n) is 3.74. The smallest absolute Gasteiger partial charge is 0.307 e. The number of benzene rings is 1. The molecule has 152 valence electrons. The molecule has 1 saturated heterocycles. The molecule has 9 heteroatoms. The van der Waals surface area contributed by atoms with Crippen LogP contribution in [0.5, 0.6) is 0 Å². The highest BCUT2D eigenvalue weighted by atomic mass is 32.2. The number of sulfone groups is 1. The first-order valence-corrected chi connectivity index (χ1v) is 11.9. The van der Waals surface area contributed by atoms with E-state index in [1.165, 1.54) is 11.3 Å². The topological polar surface area (TPSA) is 102 Å². The van der Waals surface area contributed by atoms with Gasteiger partial charge in [-0.2, -0.15) is 5.10 Å². The molecular weight excluding hydrogens is 410 g/mol. The van der Waals surface area contributed by atoms with E-state index in [1.807, 2.05) is 44.2 Å². The van der Waals surface area contributed by atoms with Crippen LogP contribution in [0.25, 0.3) is 21.9 Å². The van der Waals surface area contributed by atoms with Gasteiger partial charge in [0.05, 0.1) is 39.9 Å². The van der Waals surface area contributed by atoms with Gasteiger partial charge in [0.1, 0.15) is 5.01 Å². The highest BCUT2D eigenvalue weighted by Gasteiger charge is 2.31. The minimum atomic E-state index is -3.02. The van der Waals surface area contributed by atoms with Crippen molar-refractivity contribution >= 4 is 49.0 Å². The van der Waals surface area contributed by atoms with Crippen LogP contribution in [0.3, 0.4) is 0 Å². The first-order chi connectivity index (χ1) is 13.7. The number of aliphatic carboxylic acids is 1. The lowest BCUT2D eigenvalue weighted by molar-refractivity contribution is -0.135. The van der Waals surface area contributed by atoms with Gasteiger partial charge in [-0.3, -0.25) is 9.48 Å². The normalized spacial score (nSPS) is 19.1. The molecule has 0 saturated carbocycles. The zero-order chi connectivity index (χ0) is 20.8. The molecule has 3 aromatic rings. The Bertz CT molecular complexity index is 1200. The second-order valence-electron chi connectivity index (χ2n) is 7.31. The minimum absolute atomic E-state index is 0.0952. The maximum absolute atomic E-state index is 11.9. The molecule has 0 amide bonds. The average Bonchev–Trinajstić information content (AvgIpc) is 3.31. The Morgan fingerprint density at radius 2 is 2.10 bits per heavy atom. The van der Waals surface area contributed by atoms with Crippen LogP contribution in [0.2, 0.25) is 0 Å². The van der Waals surface area contributed by atoms with Crippen molar-refractivity contribution in [2.24, 2.45) is 0 Å². The van der Waals surface area contributed by atoms with Gasteiger partial charge >= 0.3 is 5.97 Å². The number of aryl methyl sites for hydroxylation is 1. The van der Waals surface area contributed by atoms with Crippen molar-refractivity contribution in [2.75, 3.05) is 11.5 Å². The Kier molecular flexibility index (Phi) is 5.04. The largest absolute Gasteiger partial charge is 0.481 e. The van der Waals surface area contributed by atoms with Gasteiger partial charge in [0, 0.05) is 11.3 Å². The Morgan fingerprint density at radius 3 is 2.76 bits per heavy atom. The summed E-state index contributed by atoms with van der Waals surface area (Å²) < 4.78 is 26.5. The second-order valence-corrected chi connectivity index (χ2v) is 10.6. The first kappa shape index (κ1) is 19.8. The first-order valence-electron chi connectivity index (χ1n) is 9.28. The fourth-order valence-corrected chi connectivity index (χ4v) is 6.41. The zero-order valence-electron chi connectivity index (χ0n) is 16.1. The number of hydrogen-bond donors (Lipinski definition) is 1. The summed E-state index contributed by atoms with van der Waals surface area (Å²) >= 11 is 1.46. The summed E-state index contributed by atoms with van der Waals surface area (Å²) in [4.78, 5) is 16.1. The highest BCUT2D eigenvalue weighted by molar-refractivity contribution is 7.91.